The average Bonchev–Trinajstić information content (AvgIpc) is 2.29. The summed E-state index contributed by atoms with van der Waals surface area (Å²) in [5.74, 6) is 0.483. The molecule has 0 radical (unpaired) electrons. The monoisotopic (exact) mass is 246 g/mol. The van der Waals surface area contributed by atoms with Crippen LogP contribution in [0, 0.1) is 6.92 Å². The maximum atomic E-state index is 10.9. The summed E-state index contributed by atoms with van der Waals surface area (Å²) in [6.07, 6.45) is 0. The Morgan fingerprint density at radius 2 is 1.82 bits per heavy atom. The van der Waals surface area contributed by atoms with Crippen LogP contribution in [0.5, 0.6) is 5.75 Å². The van der Waals surface area contributed by atoms with E-state index in [2.05, 4.69) is 0 Å². The summed E-state index contributed by atoms with van der Waals surface area (Å²) in [4.78, 5) is 10.9. The molecule has 0 spiro atoms. The minimum absolute atomic E-state index is 0.483. The second kappa shape index (κ2) is 5.02. The molecule has 17 heavy (non-hydrogen) atoms. The molecular weight excluding hydrogens is 236 g/mol. The third-order valence-electron chi connectivity index (χ3n) is 2.41. The molecular formula is C14H11ClO2. The second-order valence-electron chi connectivity index (χ2n) is 3.71. The number of carbonyl (C=O) groups is 1. The SMILES string of the molecule is Cc1ccc(-c2ccccc2)c(OC(=O)Cl)c1. The van der Waals surface area contributed by atoms with E-state index in [4.69, 9.17) is 16.3 Å². The zero-order chi connectivity index (χ0) is 12.3. The molecule has 0 N–H and O–H groups in total. The number of rotatable bonds is 2. The Kier molecular flexibility index (Phi) is 3.45. The van der Waals surface area contributed by atoms with E-state index in [0.29, 0.717) is 5.75 Å². The first-order valence-electron chi connectivity index (χ1n) is 5.20. The molecule has 3 heteroatoms. The van der Waals surface area contributed by atoms with Crippen molar-refractivity contribution in [3.05, 3.63) is 54.1 Å². The van der Waals surface area contributed by atoms with Crippen LogP contribution in [0.25, 0.3) is 11.1 Å². The van der Waals surface area contributed by atoms with E-state index in [-0.39, 0.29) is 0 Å². The van der Waals surface area contributed by atoms with Gasteiger partial charge in [-0.1, -0.05) is 42.5 Å². The molecule has 0 bridgehead atoms. The number of hydrogen-bond donors (Lipinski definition) is 0. The number of aryl methyl sites for hydroxylation is 1. The number of carbonyl (C=O) groups excluding carboxylic acids is 1. The Bertz CT molecular complexity index is 535. The minimum atomic E-state index is -0.826. The van der Waals surface area contributed by atoms with E-state index in [9.17, 15) is 4.79 Å². The van der Waals surface area contributed by atoms with Crippen molar-refractivity contribution in [1.29, 1.82) is 0 Å². The fourth-order valence-electron chi connectivity index (χ4n) is 1.66. The first-order valence-corrected chi connectivity index (χ1v) is 5.58. The summed E-state index contributed by atoms with van der Waals surface area (Å²) in [6.45, 7) is 1.93. The molecule has 0 aromatic heterocycles. The van der Waals surface area contributed by atoms with E-state index in [1.807, 2.05) is 49.4 Å². The van der Waals surface area contributed by atoms with Crippen LogP contribution in [0.3, 0.4) is 0 Å². The molecule has 2 rings (SSSR count). The Labute approximate surface area is 105 Å². The van der Waals surface area contributed by atoms with Gasteiger partial charge in [-0.2, -0.15) is 0 Å². The van der Waals surface area contributed by atoms with Gasteiger partial charge >= 0.3 is 5.43 Å². The van der Waals surface area contributed by atoms with Gasteiger partial charge in [-0.15, -0.1) is 0 Å². The standard InChI is InChI=1S/C14H11ClO2/c1-10-7-8-12(11-5-3-2-4-6-11)13(9-10)17-14(15)16/h2-9H,1H3. The summed E-state index contributed by atoms with van der Waals surface area (Å²) >= 11 is 5.26. The molecule has 0 aliphatic heterocycles. The molecule has 86 valence electrons. The van der Waals surface area contributed by atoms with E-state index in [0.717, 1.165) is 16.7 Å². The van der Waals surface area contributed by atoms with Gasteiger partial charge in [-0.25, -0.2) is 4.79 Å². The van der Waals surface area contributed by atoms with E-state index in [1.54, 1.807) is 6.07 Å². The molecule has 2 aromatic carbocycles. The molecule has 0 amide bonds. The van der Waals surface area contributed by atoms with Gasteiger partial charge in [0.2, 0.25) is 0 Å². The molecule has 2 nitrogen and oxygen atoms in total. The Morgan fingerprint density at radius 1 is 1.12 bits per heavy atom. The highest BCUT2D eigenvalue weighted by atomic mass is 35.5. The fourth-order valence-corrected chi connectivity index (χ4v) is 1.74. The molecule has 0 heterocycles. The molecule has 0 fully saturated rings. The van der Waals surface area contributed by atoms with Crippen molar-refractivity contribution in [3.63, 3.8) is 0 Å². The van der Waals surface area contributed by atoms with Gasteiger partial charge < -0.3 is 4.74 Å². The maximum Gasteiger partial charge on any atom is 0.409 e. The lowest BCUT2D eigenvalue weighted by Crippen LogP contribution is -1.98. The zero-order valence-electron chi connectivity index (χ0n) is 9.31. The van der Waals surface area contributed by atoms with Crippen molar-refractivity contribution >= 4 is 17.0 Å². The molecule has 2 aromatic rings. The van der Waals surface area contributed by atoms with Crippen molar-refractivity contribution in [2.75, 3.05) is 0 Å². The average molecular weight is 247 g/mol. The van der Waals surface area contributed by atoms with Gasteiger partial charge in [-0.3, -0.25) is 0 Å². The predicted octanol–water partition coefficient (Wildman–Crippen LogP) is 4.40. The lowest BCUT2D eigenvalue weighted by atomic mass is 10.0. The number of ether oxygens (including phenoxy) is 1. The van der Waals surface area contributed by atoms with Crippen molar-refractivity contribution in [2.24, 2.45) is 0 Å². The van der Waals surface area contributed by atoms with Crippen LogP contribution in [0.15, 0.2) is 48.5 Å². The molecule has 0 unspecified atom stereocenters. The smallest absolute Gasteiger partial charge is 0.409 e. The van der Waals surface area contributed by atoms with Crippen molar-refractivity contribution in [1.82, 2.24) is 0 Å². The van der Waals surface area contributed by atoms with Crippen LogP contribution in [0.2, 0.25) is 0 Å². The highest BCUT2D eigenvalue weighted by molar-refractivity contribution is 6.61. The topological polar surface area (TPSA) is 26.3 Å². The van der Waals surface area contributed by atoms with Gasteiger partial charge in [0, 0.05) is 17.2 Å². The quantitative estimate of drug-likeness (QED) is 0.734. The third kappa shape index (κ3) is 2.86. The largest absolute Gasteiger partial charge is 0.414 e. The lowest BCUT2D eigenvalue weighted by Gasteiger charge is -2.09. The Morgan fingerprint density at radius 3 is 2.47 bits per heavy atom. The first kappa shape index (κ1) is 11.7. The summed E-state index contributed by atoms with van der Waals surface area (Å²) in [5, 5.41) is 0. The van der Waals surface area contributed by atoms with Crippen LogP contribution in [-0.4, -0.2) is 5.43 Å². The molecule has 0 aliphatic carbocycles. The third-order valence-corrected chi connectivity index (χ3v) is 2.49. The van der Waals surface area contributed by atoms with Crippen molar-refractivity contribution in [2.45, 2.75) is 6.92 Å². The highest BCUT2D eigenvalue weighted by Crippen LogP contribution is 2.31. The van der Waals surface area contributed by atoms with Crippen LogP contribution >= 0.6 is 11.6 Å². The van der Waals surface area contributed by atoms with Crippen molar-refractivity contribution < 1.29 is 9.53 Å². The predicted molar refractivity (Wildman–Crippen MR) is 68.5 cm³/mol. The summed E-state index contributed by atoms with van der Waals surface area (Å²) in [6, 6.07) is 15.4. The van der Waals surface area contributed by atoms with Gasteiger partial charge in [-0.05, 0) is 24.1 Å². The summed E-state index contributed by atoms with van der Waals surface area (Å²) in [5.41, 5.74) is 2.02. The summed E-state index contributed by atoms with van der Waals surface area (Å²) in [7, 11) is 0. The van der Waals surface area contributed by atoms with E-state index >= 15 is 0 Å². The fraction of sp³-hybridized carbons (Fsp3) is 0.0714. The van der Waals surface area contributed by atoms with Gasteiger partial charge in [0.15, 0.2) is 0 Å². The lowest BCUT2D eigenvalue weighted by molar-refractivity contribution is 0.226. The van der Waals surface area contributed by atoms with Crippen molar-refractivity contribution in [3.8, 4) is 16.9 Å². The van der Waals surface area contributed by atoms with Crippen LogP contribution in [0.1, 0.15) is 5.56 Å². The zero-order valence-corrected chi connectivity index (χ0v) is 10.1. The molecule has 0 atom stereocenters. The molecule has 0 saturated heterocycles. The second-order valence-corrected chi connectivity index (χ2v) is 4.01. The highest BCUT2D eigenvalue weighted by Gasteiger charge is 2.09. The normalized spacial score (nSPS) is 10.0. The first-order chi connectivity index (χ1) is 8.16. The summed E-state index contributed by atoms with van der Waals surface area (Å²) < 4.78 is 5.01. The van der Waals surface area contributed by atoms with E-state index in [1.165, 1.54) is 0 Å². The number of halogens is 1. The van der Waals surface area contributed by atoms with Gasteiger partial charge in [0.1, 0.15) is 5.75 Å². The molecule has 0 saturated carbocycles. The van der Waals surface area contributed by atoms with E-state index < -0.39 is 5.43 Å². The maximum absolute atomic E-state index is 10.9. The van der Waals surface area contributed by atoms with Gasteiger partial charge in [0.25, 0.3) is 0 Å². The number of hydrogen-bond acceptors (Lipinski definition) is 2. The molecule has 0 aliphatic rings. The minimum Gasteiger partial charge on any atom is -0.414 e. The van der Waals surface area contributed by atoms with Crippen LogP contribution in [0.4, 0.5) is 4.79 Å². The van der Waals surface area contributed by atoms with Crippen LogP contribution < -0.4 is 4.74 Å². The Balaban J connectivity index is 2.50. The Hall–Kier alpha value is -1.80. The van der Waals surface area contributed by atoms with Gasteiger partial charge in [0.05, 0.1) is 0 Å². The van der Waals surface area contributed by atoms with Crippen LogP contribution in [-0.2, 0) is 0 Å². The number of benzene rings is 2.